The molecule has 12 heavy (non-hydrogen) atoms. The normalized spacial score (nSPS) is 10.9. The van der Waals surface area contributed by atoms with Crippen molar-refractivity contribution < 1.29 is 5.21 Å². The van der Waals surface area contributed by atoms with Gasteiger partial charge in [-0.2, -0.15) is 0 Å². The highest BCUT2D eigenvalue weighted by Crippen LogP contribution is 2.24. The molecule has 64 valence electrons. The fraction of sp³-hybridized carbons (Fsp3) is 0. The number of hydrogen-bond acceptors (Lipinski definition) is 3. The molecular weight excluding hydrogens is 222 g/mol. The first-order valence-corrected chi connectivity index (χ1v) is 3.97. The standard InChI is InChI=1S/C6H3Cl3N2O/c7-4-1-3(2-10-12)5(8)11-6(4)9/h1-2,12H. The Morgan fingerprint density at radius 2 is 2.00 bits per heavy atom. The Kier molecular flexibility index (Phi) is 3.14. The van der Waals surface area contributed by atoms with Crippen molar-refractivity contribution in [3.05, 3.63) is 27.0 Å². The summed E-state index contributed by atoms with van der Waals surface area (Å²) in [4.78, 5) is 3.69. The van der Waals surface area contributed by atoms with Crippen molar-refractivity contribution in [1.82, 2.24) is 4.98 Å². The Hall–Kier alpha value is -0.510. The van der Waals surface area contributed by atoms with Crippen LogP contribution in [0.1, 0.15) is 5.56 Å². The first-order chi connectivity index (χ1) is 5.65. The van der Waals surface area contributed by atoms with Gasteiger partial charge in [-0.15, -0.1) is 0 Å². The summed E-state index contributed by atoms with van der Waals surface area (Å²) in [7, 11) is 0. The Morgan fingerprint density at radius 1 is 1.33 bits per heavy atom. The molecule has 1 rings (SSSR count). The molecule has 0 fully saturated rings. The molecule has 1 heterocycles. The number of pyridine rings is 1. The molecule has 3 nitrogen and oxygen atoms in total. The molecule has 0 bridgehead atoms. The molecule has 0 radical (unpaired) electrons. The van der Waals surface area contributed by atoms with Crippen molar-refractivity contribution in [3.63, 3.8) is 0 Å². The van der Waals surface area contributed by atoms with Crippen LogP contribution in [0.2, 0.25) is 15.3 Å². The van der Waals surface area contributed by atoms with Gasteiger partial charge in [-0.25, -0.2) is 4.98 Å². The van der Waals surface area contributed by atoms with Crippen LogP contribution in [0.25, 0.3) is 0 Å². The van der Waals surface area contributed by atoms with E-state index in [9.17, 15) is 0 Å². The first-order valence-electron chi connectivity index (χ1n) is 2.84. The maximum absolute atomic E-state index is 8.21. The van der Waals surface area contributed by atoms with Gasteiger partial charge in [0.05, 0.1) is 11.2 Å². The van der Waals surface area contributed by atoms with Crippen LogP contribution in [-0.4, -0.2) is 16.4 Å². The second-order valence-electron chi connectivity index (χ2n) is 1.89. The molecule has 0 amide bonds. The number of hydrogen-bond donors (Lipinski definition) is 1. The second kappa shape index (κ2) is 3.94. The van der Waals surface area contributed by atoms with Gasteiger partial charge in [0.2, 0.25) is 0 Å². The lowest BCUT2D eigenvalue weighted by Gasteiger charge is -1.98. The van der Waals surface area contributed by atoms with Gasteiger partial charge >= 0.3 is 0 Å². The number of nitrogens with zero attached hydrogens (tertiary/aromatic N) is 2. The monoisotopic (exact) mass is 224 g/mol. The zero-order valence-corrected chi connectivity index (χ0v) is 7.90. The largest absolute Gasteiger partial charge is 0.411 e. The minimum absolute atomic E-state index is 0.122. The fourth-order valence-corrected chi connectivity index (χ4v) is 1.14. The molecular formula is C6H3Cl3N2O. The summed E-state index contributed by atoms with van der Waals surface area (Å²) in [6.07, 6.45) is 1.12. The van der Waals surface area contributed by atoms with E-state index in [4.69, 9.17) is 40.0 Å². The van der Waals surface area contributed by atoms with Crippen LogP contribution >= 0.6 is 34.8 Å². The third-order valence-electron chi connectivity index (χ3n) is 1.11. The van der Waals surface area contributed by atoms with Gasteiger partial charge in [-0.1, -0.05) is 40.0 Å². The van der Waals surface area contributed by atoms with E-state index < -0.39 is 0 Å². The maximum Gasteiger partial charge on any atom is 0.149 e. The van der Waals surface area contributed by atoms with Crippen LogP contribution in [0.4, 0.5) is 0 Å². The lowest BCUT2D eigenvalue weighted by molar-refractivity contribution is 0.322. The van der Waals surface area contributed by atoms with E-state index in [0.717, 1.165) is 6.21 Å². The third kappa shape index (κ3) is 2.00. The molecule has 1 aromatic rings. The lowest BCUT2D eigenvalue weighted by atomic mass is 10.3. The van der Waals surface area contributed by atoms with Crippen LogP contribution < -0.4 is 0 Å². The summed E-state index contributed by atoms with van der Waals surface area (Å²) in [6, 6.07) is 1.46. The maximum atomic E-state index is 8.21. The predicted molar refractivity (Wildman–Crippen MR) is 48.6 cm³/mol. The minimum Gasteiger partial charge on any atom is -0.411 e. The van der Waals surface area contributed by atoms with Gasteiger partial charge < -0.3 is 5.21 Å². The van der Waals surface area contributed by atoms with Crippen molar-refractivity contribution in [3.8, 4) is 0 Å². The fourth-order valence-electron chi connectivity index (χ4n) is 0.612. The summed E-state index contributed by atoms with van der Waals surface area (Å²) in [5.74, 6) is 0. The SMILES string of the molecule is ON=Cc1cc(Cl)c(Cl)nc1Cl. The van der Waals surface area contributed by atoms with E-state index in [1.807, 2.05) is 0 Å². The van der Waals surface area contributed by atoms with Crippen LogP contribution in [0.15, 0.2) is 11.2 Å². The molecule has 1 N–H and O–H groups in total. The van der Waals surface area contributed by atoms with Crippen molar-refractivity contribution in [2.24, 2.45) is 5.16 Å². The number of aromatic nitrogens is 1. The third-order valence-corrected chi connectivity index (χ3v) is 2.09. The van der Waals surface area contributed by atoms with Gasteiger partial charge in [0.1, 0.15) is 10.3 Å². The van der Waals surface area contributed by atoms with Gasteiger partial charge in [0, 0.05) is 5.56 Å². The Morgan fingerprint density at radius 3 is 2.58 bits per heavy atom. The average Bonchev–Trinajstić information content (AvgIpc) is 2.01. The molecule has 0 saturated heterocycles. The number of rotatable bonds is 1. The quantitative estimate of drug-likeness (QED) is 0.346. The number of oxime groups is 1. The van der Waals surface area contributed by atoms with E-state index in [2.05, 4.69) is 10.1 Å². The predicted octanol–water partition coefficient (Wildman–Crippen LogP) is 2.85. The van der Waals surface area contributed by atoms with Crippen molar-refractivity contribution in [2.75, 3.05) is 0 Å². The molecule has 6 heteroatoms. The molecule has 0 saturated carbocycles. The molecule has 1 aromatic heterocycles. The van der Waals surface area contributed by atoms with Crippen LogP contribution in [0, 0.1) is 0 Å². The zero-order valence-electron chi connectivity index (χ0n) is 5.63. The topological polar surface area (TPSA) is 45.5 Å². The summed E-state index contributed by atoms with van der Waals surface area (Å²) < 4.78 is 0. The highest BCUT2D eigenvalue weighted by atomic mass is 35.5. The zero-order chi connectivity index (χ0) is 9.14. The van der Waals surface area contributed by atoms with Crippen LogP contribution in [0.3, 0.4) is 0 Å². The van der Waals surface area contributed by atoms with Crippen molar-refractivity contribution >= 4 is 41.0 Å². The Balaban J connectivity index is 3.23. The molecule has 0 atom stereocenters. The van der Waals surface area contributed by atoms with Crippen LogP contribution in [-0.2, 0) is 0 Å². The number of halogens is 3. The lowest BCUT2D eigenvalue weighted by Crippen LogP contribution is -1.88. The van der Waals surface area contributed by atoms with Gasteiger partial charge in [0.25, 0.3) is 0 Å². The van der Waals surface area contributed by atoms with E-state index in [0.29, 0.717) is 5.56 Å². The molecule has 0 aromatic carbocycles. The first kappa shape index (κ1) is 9.58. The molecule has 0 unspecified atom stereocenters. The highest BCUT2D eigenvalue weighted by Gasteiger charge is 2.05. The summed E-state index contributed by atoms with van der Waals surface area (Å²) in [6.45, 7) is 0. The average molecular weight is 225 g/mol. The van der Waals surface area contributed by atoms with E-state index in [1.165, 1.54) is 6.07 Å². The smallest absolute Gasteiger partial charge is 0.149 e. The van der Waals surface area contributed by atoms with Gasteiger partial charge in [0.15, 0.2) is 0 Å². The molecule has 0 aliphatic carbocycles. The van der Waals surface area contributed by atoms with E-state index in [-0.39, 0.29) is 15.3 Å². The van der Waals surface area contributed by atoms with Gasteiger partial charge in [-0.3, -0.25) is 0 Å². The summed E-state index contributed by atoms with van der Waals surface area (Å²) in [5.41, 5.74) is 0.411. The van der Waals surface area contributed by atoms with Crippen LogP contribution in [0.5, 0.6) is 0 Å². The van der Waals surface area contributed by atoms with Gasteiger partial charge in [-0.05, 0) is 6.07 Å². The van der Waals surface area contributed by atoms with E-state index >= 15 is 0 Å². The van der Waals surface area contributed by atoms with E-state index in [1.54, 1.807) is 0 Å². The van der Waals surface area contributed by atoms with Crippen molar-refractivity contribution in [1.29, 1.82) is 0 Å². The molecule has 0 aliphatic rings. The van der Waals surface area contributed by atoms with Crippen molar-refractivity contribution in [2.45, 2.75) is 0 Å². The summed E-state index contributed by atoms with van der Waals surface area (Å²) in [5, 5.41) is 11.5. The highest BCUT2D eigenvalue weighted by molar-refractivity contribution is 6.42. The molecule has 0 spiro atoms. The second-order valence-corrected chi connectivity index (χ2v) is 3.01. The Labute approximate surface area is 83.6 Å². The summed E-state index contributed by atoms with van der Waals surface area (Å²) >= 11 is 16.8. The molecule has 0 aliphatic heterocycles. The Bertz CT molecular complexity index is 327. The minimum atomic E-state index is 0.122.